The van der Waals surface area contributed by atoms with Crippen LogP contribution in [0.4, 0.5) is 0 Å². The number of hydrogen-bond acceptors (Lipinski definition) is 4. The number of ether oxygens (including phenoxy) is 1. The summed E-state index contributed by atoms with van der Waals surface area (Å²) in [6.07, 6.45) is 2.47. The van der Waals surface area contributed by atoms with Crippen LogP contribution in [0.15, 0.2) is 18.2 Å². The van der Waals surface area contributed by atoms with Gasteiger partial charge in [0, 0.05) is 13.0 Å². The maximum atomic E-state index is 5.99. The predicted octanol–water partition coefficient (Wildman–Crippen LogP) is 3.24. The molecule has 0 saturated carbocycles. The second kappa shape index (κ2) is 5.47. The molecular weight excluding hydrogens is 256 g/mol. The molecule has 2 aromatic rings. The van der Waals surface area contributed by atoms with Crippen LogP contribution in [-0.4, -0.2) is 24.2 Å². The van der Waals surface area contributed by atoms with E-state index in [0.29, 0.717) is 12.0 Å². The molecule has 3 rings (SSSR count). The van der Waals surface area contributed by atoms with Crippen LogP contribution in [0.5, 0.6) is 5.75 Å². The molecule has 1 aliphatic heterocycles. The van der Waals surface area contributed by atoms with Crippen LogP contribution in [0.2, 0.25) is 0 Å². The number of benzene rings is 1. The summed E-state index contributed by atoms with van der Waals surface area (Å²) >= 11 is 1.79. The highest BCUT2D eigenvalue weighted by atomic mass is 32.1. The fraction of sp³-hybridized carbons (Fsp3) is 0.533. The van der Waals surface area contributed by atoms with Gasteiger partial charge < -0.3 is 10.1 Å². The Balaban J connectivity index is 1.79. The van der Waals surface area contributed by atoms with E-state index >= 15 is 0 Å². The Kier molecular flexibility index (Phi) is 3.71. The molecule has 4 heteroatoms. The van der Waals surface area contributed by atoms with Crippen LogP contribution in [-0.2, 0) is 6.42 Å². The van der Waals surface area contributed by atoms with Crippen molar-refractivity contribution in [3.63, 3.8) is 0 Å². The first-order valence-electron chi connectivity index (χ1n) is 6.97. The summed E-state index contributed by atoms with van der Waals surface area (Å²) in [7, 11) is 0. The van der Waals surface area contributed by atoms with Crippen LogP contribution in [0.1, 0.15) is 25.3 Å². The number of nitrogens with one attached hydrogen (secondary N) is 1. The molecule has 1 saturated heterocycles. The first-order valence-corrected chi connectivity index (χ1v) is 7.79. The van der Waals surface area contributed by atoms with Gasteiger partial charge in [-0.3, -0.25) is 0 Å². The molecule has 1 aromatic heterocycles. The lowest BCUT2D eigenvalue weighted by atomic mass is 10.1. The van der Waals surface area contributed by atoms with Gasteiger partial charge in [0.15, 0.2) is 0 Å². The topological polar surface area (TPSA) is 34.1 Å². The smallest absolute Gasteiger partial charge is 0.121 e. The summed E-state index contributed by atoms with van der Waals surface area (Å²) in [6, 6.07) is 6.25. The number of fused-ring (bicyclic) bond motifs is 1. The lowest BCUT2D eigenvalue weighted by Crippen LogP contribution is -2.19. The Morgan fingerprint density at radius 1 is 1.47 bits per heavy atom. The Morgan fingerprint density at radius 3 is 3.11 bits per heavy atom. The van der Waals surface area contributed by atoms with Crippen molar-refractivity contribution in [2.45, 2.75) is 32.8 Å². The predicted molar refractivity (Wildman–Crippen MR) is 80.1 cm³/mol. The van der Waals surface area contributed by atoms with Crippen molar-refractivity contribution in [3.05, 3.63) is 23.2 Å². The Bertz CT molecular complexity index is 558. The fourth-order valence-electron chi connectivity index (χ4n) is 2.38. The zero-order valence-corrected chi connectivity index (χ0v) is 12.3. The van der Waals surface area contributed by atoms with E-state index in [4.69, 9.17) is 4.74 Å². The molecule has 2 heterocycles. The number of rotatable bonds is 4. The van der Waals surface area contributed by atoms with Crippen LogP contribution in [0.3, 0.4) is 0 Å². The van der Waals surface area contributed by atoms with Gasteiger partial charge in [-0.1, -0.05) is 13.8 Å². The summed E-state index contributed by atoms with van der Waals surface area (Å²) in [4.78, 5) is 4.68. The normalized spacial score (nSPS) is 19.4. The van der Waals surface area contributed by atoms with Gasteiger partial charge >= 0.3 is 0 Å². The van der Waals surface area contributed by atoms with Crippen molar-refractivity contribution in [1.82, 2.24) is 10.3 Å². The van der Waals surface area contributed by atoms with Gasteiger partial charge in [0.05, 0.1) is 15.2 Å². The molecule has 1 N–H and O–H groups in total. The summed E-state index contributed by atoms with van der Waals surface area (Å²) in [5.41, 5.74) is 1.09. The Hall–Kier alpha value is -1.13. The van der Waals surface area contributed by atoms with Gasteiger partial charge in [-0.05, 0) is 37.1 Å². The maximum absolute atomic E-state index is 5.99. The summed E-state index contributed by atoms with van der Waals surface area (Å²) in [5, 5.41) is 4.55. The average molecular weight is 276 g/mol. The quantitative estimate of drug-likeness (QED) is 0.931. The average Bonchev–Trinajstić information content (AvgIpc) is 2.96. The molecule has 1 aliphatic rings. The van der Waals surface area contributed by atoms with E-state index in [9.17, 15) is 0 Å². The van der Waals surface area contributed by atoms with Crippen LogP contribution < -0.4 is 10.1 Å². The molecule has 1 atom stereocenters. The van der Waals surface area contributed by atoms with Crippen LogP contribution >= 0.6 is 11.3 Å². The molecule has 0 radical (unpaired) electrons. The summed E-state index contributed by atoms with van der Waals surface area (Å²) in [5.74, 6) is 1.63. The van der Waals surface area contributed by atoms with Crippen molar-refractivity contribution >= 4 is 21.6 Å². The maximum Gasteiger partial charge on any atom is 0.121 e. The SMILES string of the molecule is CC(C)Cc1nc2ccc(OC3CCNC3)cc2s1. The number of aromatic nitrogens is 1. The highest BCUT2D eigenvalue weighted by Crippen LogP contribution is 2.28. The highest BCUT2D eigenvalue weighted by molar-refractivity contribution is 7.18. The first-order chi connectivity index (χ1) is 9.20. The second-order valence-electron chi connectivity index (χ2n) is 5.57. The third-order valence-electron chi connectivity index (χ3n) is 3.30. The lowest BCUT2D eigenvalue weighted by Gasteiger charge is -2.11. The Morgan fingerprint density at radius 2 is 2.37 bits per heavy atom. The number of thiazole rings is 1. The van der Waals surface area contributed by atoms with E-state index in [1.165, 1.54) is 9.71 Å². The van der Waals surface area contributed by atoms with Crippen molar-refractivity contribution in [1.29, 1.82) is 0 Å². The van der Waals surface area contributed by atoms with E-state index in [-0.39, 0.29) is 0 Å². The standard InChI is InChI=1S/C15H20N2OS/c1-10(2)7-15-17-13-4-3-11(8-14(13)19-15)18-12-5-6-16-9-12/h3-4,8,10,12,16H,5-7,9H2,1-2H3. The number of nitrogens with zero attached hydrogens (tertiary/aromatic N) is 1. The van der Waals surface area contributed by atoms with E-state index in [0.717, 1.165) is 37.2 Å². The third kappa shape index (κ3) is 3.07. The molecule has 0 bridgehead atoms. The minimum absolute atomic E-state index is 0.320. The van der Waals surface area contributed by atoms with Gasteiger partial charge in [0.1, 0.15) is 11.9 Å². The molecule has 0 spiro atoms. The zero-order chi connectivity index (χ0) is 13.2. The second-order valence-corrected chi connectivity index (χ2v) is 6.68. The zero-order valence-electron chi connectivity index (χ0n) is 11.5. The van der Waals surface area contributed by atoms with Gasteiger partial charge in [-0.15, -0.1) is 11.3 Å². The van der Waals surface area contributed by atoms with Gasteiger partial charge in [0.2, 0.25) is 0 Å². The largest absolute Gasteiger partial charge is 0.489 e. The molecule has 0 amide bonds. The van der Waals surface area contributed by atoms with Crippen LogP contribution in [0, 0.1) is 5.92 Å². The molecule has 19 heavy (non-hydrogen) atoms. The lowest BCUT2D eigenvalue weighted by molar-refractivity contribution is 0.223. The van der Waals surface area contributed by atoms with E-state index in [1.807, 2.05) is 6.07 Å². The molecule has 3 nitrogen and oxygen atoms in total. The molecule has 102 valence electrons. The minimum Gasteiger partial charge on any atom is -0.489 e. The molecule has 1 fully saturated rings. The van der Waals surface area contributed by atoms with E-state index in [2.05, 4.69) is 36.3 Å². The fourth-order valence-corrected chi connectivity index (χ4v) is 3.59. The highest BCUT2D eigenvalue weighted by Gasteiger charge is 2.16. The van der Waals surface area contributed by atoms with Crippen LogP contribution in [0.25, 0.3) is 10.2 Å². The third-order valence-corrected chi connectivity index (χ3v) is 4.35. The first kappa shape index (κ1) is 12.9. The van der Waals surface area contributed by atoms with Crippen molar-refractivity contribution in [2.24, 2.45) is 5.92 Å². The van der Waals surface area contributed by atoms with Crippen molar-refractivity contribution in [2.75, 3.05) is 13.1 Å². The van der Waals surface area contributed by atoms with Gasteiger partial charge in [0.25, 0.3) is 0 Å². The molecule has 0 aliphatic carbocycles. The Labute approximate surface area is 118 Å². The minimum atomic E-state index is 0.320. The number of hydrogen-bond donors (Lipinski definition) is 1. The monoisotopic (exact) mass is 276 g/mol. The molecular formula is C15H20N2OS. The van der Waals surface area contributed by atoms with Crippen molar-refractivity contribution < 1.29 is 4.74 Å². The van der Waals surface area contributed by atoms with Gasteiger partial charge in [-0.25, -0.2) is 4.98 Å². The molecule has 1 unspecified atom stereocenters. The van der Waals surface area contributed by atoms with E-state index < -0.39 is 0 Å². The van der Waals surface area contributed by atoms with E-state index in [1.54, 1.807) is 11.3 Å². The van der Waals surface area contributed by atoms with Crippen molar-refractivity contribution in [3.8, 4) is 5.75 Å². The summed E-state index contributed by atoms with van der Waals surface area (Å²) in [6.45, 7) is 6.48. The summed E-state index contributed by atoms with van der Waals surface area (Å²) < 4.78 is 7.23. The van der Waals surface area contributed by atoms with Gasteiger partial charge in [-0.2, -0.15) is 0 Å². The molecule has 1 aromatic carbocycles.